The van der Waals surface area contributed by atoms with Crippen LogP contribution in [0.3, 0.4) is 0 Å². The summed E-state index contributed by atoms with van der Waals surface area (Å²) in [5.41, 5.74) is 0. The second-order valence-corrected chi connectivity index (χ2v) is 9.85. The van der Waals surface area contributed by atoms with Gasteiger partial charge in [-0.3, -0.25) is 9.59 Å². The first-order valence-corrected chi connectivity index (χ1v) is 12.0. The highest BCUT2D eigenvalue weighted by molar-refractivity contribution is 7.89. The van der Waals surface area contributed by atoms with Crippen LogP contribution < -0.4 is 5.32 Å². The molecular formula is C21H31N3O4S. The molecule has 8 heteroatoms. The first kappa shape index (κ1) is 21.8. The van der Waals surface area contributed by atoms with Gasteiger partial charge in [-0.2, -0.15) is 4.31 Å². The lowest BCUT2D eigenvalue weighted by molar-refractivity contribution is -0.127. The number of likely N-dealkylation sites (tertiary alicyclic amines) is 1. The number of sulfonamides is 1. The second kappa shape index (κ2) is 10.2. The Labute approximate surface area is 173 Å². The molecule has 0 aliphatic carbocycles. The van der Waals surface area contributed by atoms with Crippen molar-refractivity contribution < 1.29 is 18.0 Å². The van der Waals surface area contributed by atoms with Gasteiger partial charge in [0.05, 0.1) is 4.90 Å². The van der Waals surface area contributed by atoms with Crippen LogP contribution in [0.25, 0.3) is 0 Å². The zero-order valence-corrected chi connectivity index (χ0v) is 17.7. The van der Waals surface area contributed by atoms with Crippen molar-refractivity contribution in [1.82, 2.24) is 14.5 Å². The lowest BCUT2D eigenvalue weighted by Gasteiger charge is -2.31. The van der Waals surface area contributed by atoms with Crippen molar-refractivity contribution in [2.75, 3.05) is 32.7 Å². The minimum Gasteiger partial charge on any atom is -0.356 e. The number of nitrogens with zero attached hydrogens (tertiary/aromatic N) is 2. The van der Waals surface area contributed by atoms with Crippen LogP contribution in [-0.4, -0.2) is 62.2 Å². The highest BCUT2D eigenvalue weighted by Gasteiger charge is 2.30. The molecule has 160 valence electrons. The van der Waals surface area contributed by atoms with E-state index in [2.05, 4.69) is 5.32 Å². The maximum absolute atomic E-state index is 12.8. The summed E-state index contributed by atoms with van der Waals surface area (Å²) in [6, 6.07) is 8.53. The largest absolute Gasteiger partial charge is 0.356 e. The summed E-state index contributed by atoms with van der Waals surface area (Å²) in [5.74, 6) is 0.416. The van der Waals surface area contributed by atoms with Gasteiger partial charge in [-0.25, -0.2) is 8.42 Å². The topological polar surface area (TPSA) is 86.8 Å². The lowest BCUT2D eigenvalue weighted by atomic mass is 9.94. The summed E-state index contributed by atoms with van der Waals surface area (Å²) in [4.78, 5) is 25.9. The number of nitrogens with one attached hydrogen (secondary N) is 1. The third-order valence-corrected chi connectivity index (χ3v) is 7.62. The van der Waals surface area contributed by atoms with Crippen molar-refractivity contribution in [3.05, 3.63) is 30.3 Å². The van der Waals surface area contributed by atoms with E-state index < -0.39 is 10.0 Å². The number of piperidine rings is 1. The first-order valence-electron chi connectivity index (χ1n) is 10.6. The van der Waals surface area contributed by atoms with Gasteiger partial charge in [0.15, 0.2) is 0 Å². The number of rotatable bonds is 9. The van der Waals surface area contributed by atoms with Crippen LogP contribution in [0.1, 0.15) is 44.9 Å². The molecule has 2 fully saturated rings. The molecule has 3 rings (SSSR count). The smallest absolute Gasteiger partial charge is 0.243 e. The van der Waals surface area contributed by atoms with E-state index in [9.17, 15) is 18.0 Å². The Hall–Kier alpha value is -1.93. The van der Waals surface area contributed by atoms with Gasteiger partial charge in [0.2, 0.25) is 21.8 Å². The van der Waals surface area contributed by atoms with Crippen LogP contribution in [0, 0.1) is 5.92 Å². The third-order valence-electron chi connectivity index (χ3n) is 5.74. The van der Waals surface area contributed by atoms with Gasteiger partial charge in [-0.05, 0) is 50.2 Å². The standard InChI is InChI=1S/C21H31N3O4S/c25-20(22-13-6-15-23-14-5-10-21(23)26)12-11-18-7-4-16-24(17-18)29(27,28)19-8-2-1-3-9-19/h1-3,8-9,18H,4-7,10-17H2,(H,22,25). The molecule has 1 aromatic carbocycles. The predicted molar refractivity (Wildman–Crippen MR) is 111 cm³/mol. The third kappa shape index (κ3) is 6.02. The fourth-order valence-corrected chi connectivity index (χ4v) is 5.66. The van der Waals surface area contributed by atoms with E-state index in [4.69, 9.17) is 0 Å². The molecule has 0 spiro atoms. The van der Waals surface area contributed by atoms with Crippen LogP contribution in [0.5, 0.6) is 0 Å². The average molecular weight is 422 g/mol. The molecule has 2 aliphatic heterocycles. The van der Waals surface area contributed by atoms with E-state index in [1.54, 1.807) is 34.6 Å². The molecular weight excluding hydrogens is 390 g/mol. The first-order chi connectivity index (χ1) is 14.0. The van der Waals surface area contributed by atoms with Crippen LogP contribution in [0.15, 0.2) is 35.2 Å². The monoisotopic (exact) mass is 421 g/mol. The van der Waals surface area contributed by atoms with Crippen molar-refractivity contribution >= 4 is 21.8 Å². The molecule has 7 nitrogen and oxygen atoms in total. The Kier molecular flexibility index (Phi) is 7.66. The quantitative estimate of drug-likeness (QED) is 0.618. The van der Waals surface area contributed by atoms with Gasteiger partial charge in [0.25, 0.3) is 0 Å². The molecule has 2 heterocycles. The fraction of sp³-hybridized carbons (Fsp3) is 0.619. The van der Waals surface area contributed by atoms with E-state index in [1.165, 1.54) is 0 Å². The van der Waals surface area contributed by atoms with E-state index in [1.807, 2.05) is 4.90 Å². The van der Waals surface area contributed by atoms with Crippen molar-refractivity contribution in [3.8, 4) is 0 Å². The molecule has 0 radical (unpaired) electrons. The molecule has 0 bridgehead atoms. The van der Waals surface area contributed by atoms with Gasteiger partial charge in [-0.1, -0.05) is 18.2 Å². The Bertz CT molecular complexity index is 797. The summed E-state index contributed by atoms with van der Waals surface area (Å²) in [6.07, 6.45) is 5.22. The molecule has 2 aliphatic rings. The van der Waals surface area contributed by atoms with E-state index >= 15 is 0 Å². The maximum Gasteiger partial charge on any atom is 0.243 e. The van der Waals surface area contributed by atoms with Crippen molar-refractivity contribution in [1.29, 1.82) is 0 Å². The molecule has 2 amide bonds. The van der Waals surface area contributed by atoms with Gasteiger partial charge in [0.1, 0.15) is 0 Å². The Morgan fingerprint density at radius 3 is 2.66 bits per heavy atom. The number of carbonyl (C=O) groups excluding carboxylic acids is 2. The van der Waals surface area contributed by atoms with Crippen LogP contribution in [0.4, 0.5) is 0 Å². The van der Waals surface area contributed by atoms with Crippen LogP contribution >= 0.6 is 0 Å². The lowest BCUT2D eigenvalue weighted by Crippen LogP contribution is -2.40. The van der Waals surface area contributed by atoms with Crippen molar-refractivity contribution in [2.45, 2.75) is 49.8 Å². The van der Waals surface area contributed by atoms with E-state index in [0.717, 1.165) is 32.2 Å². The minimum absolute atomic E-state index is 0.000730. The van der Waals surface area contributed by atoms with Crippen molar-refractivity contribution in [3.63, 3.8) is 0 Å². The highest BCUT2D eigenvalue weighted by atomic mass is 32.2. The zero-order valence-electron chi connectivity index (χ0n) is 16.9. The van der Waals surface area contributed by atoms with Gasteiger partial charge in [-0.15, -0.1) is 0 Å². The fourth-order valence-electron chi connectivity index (χ4n) is 4.08. The molecule has 2 saturated heterocycles. The summed E-state index contributed by atoms with van der Waals surface area (Å²) < 4.78 is 27.1. The molecule has 1 atom stereocenters. The molecule has 1 N–H and O–H groups in total. The Morgan fingerprint density at radius 1 is 1.14 bits per heavy atom. The van der Waals surface area contributed by atoms with Crippen molar-refractivity contribution in [2.24, 2.45) is 5.92 Å². The molecule has 0 aromatic heterocycles. The number of benzene rings is 1. The second-order valence-electron chi connectivity index (χ2n) is 7.91. The Morgan fingerprint density at radius 2 is 1.93 bits per heavy atom. The minimum atomic E-state index is -3.46. The van der Waals surface area contributed by atoms with Crippen LogP contribution in [0.2, 0.25) is 0 Å². The number of carbonyl (C=O) groups is 2. The number of hydrogen-bond donors (Lipinski definition) is 1. The van der Waals surface area contributed by atoms with Gasteiger partial charge in [0, 0.05) is 45.6 Å². The van der Waals surface area contributed by atoms with Gasteiger partial charge >= 0.3 is 0 Å². The number of hydrogen-bond acceptors (Lipinski definition) is 4. The van der Waals surface area contributed by atoms with Crippen LogP contribution in [-0.2, 0) is 19.6 Å². The Balaban J connectivity index is 1.38. The molecule has 1 unspecified atom stereocenters. The number of amides is 2. The molecule has 1 aromatic rings. The predicted octanol–water partition coefficient (Wildman–Crippen LogP) is 2.00. The summed E-state index contributed by atoms with van der Waals surface area (Å²) in [7, 11) is -3.46. The average Bonchev–Trinajstić information content (AvgIpc) is 3.15. The summed E-state index contributed by atoms with van der Waals surface area (Å²) >= 11 is 0. The highest BCUT2D eigenvalue weighted by Crippen LogP contribution is 2.26. The molecule has 0 saturated carbocycles. The van der Waals surface area contributed by atoms with E-state index in [-0.39, 0.29) is 17.7 Å². The zero-order chi connectivity index (χ0) is 20.7. The summed E-state index contributed by atoms with van der Waals surface area (Å²) in [6.45, 7) is 3.11. The summed E-state index contributed by atoms with van der Waals surface area (Å²) in [5, 5.41) is 2.92. The normalized spacial score (nSPS) is 20.8. The van der Waals surface area contributed by atoms with E-state index in [0.29, 0.717) is 50.3 Å². The van der Waals surface area contributed by atoms with Gasteiger partial charge < -0.3 is 10.2 Å². The SMILES string of the molecule is O=C(CCC1CCCN(S(=O)(=O)c2ccccc2)C1)NCCCN1CCCC1=O. The maximum atomic E-state index is 12.8. The molecule has 29 heavy (non-hydrogen) atoms.